The molecule has 0 aliphatic heterocycles. The topological polar surface area (TPSA) is 193 Å². The lowest BCUT2D eigenvalue weighted by Crippen LogP contribution is -2.31. The fourth-order valence-corrected chi connectivity index (χ4v) is 6.13. The van der Waals surface area contributed by atoms with E-state index >= 15 is 0 Å². The van der Waals surface area contributed by atoms with Crippen molar-refractivity contribution >= 4 is 59.2 Å². The average Bonchev–Trinajstić information content (AvgIpc) is 3.58. The highest BCUT2D eigenvalue weighted by atomic mass is 79.9. The standard InChI is InChI=1S/C19H34N4O3S.C10H17BrN4O.C4H7BrO2/c1-18(2,3)23-21-17(20-22-23)11-16(24)19(4,5)12-14-7-9-15(10-8-14)13-27(6,25)26;1-9(2,3)15-13-8(12-14-15)6-7(16)10(4,5)11;1-4(2,5)3(6)7/h14-15H,7-13H2,1-6H3;6H2,1-5H3;1-2H3,(H,6,7). The highest BCUT2D eigenvalue weighted by Gasteiger charge is 2.34. The van der Waals surface area contributed by atoms with Crippen LogP contribution >= 0.6 is 31.9 Å². The van der Waals surface area contributed by atoms with Crippen molar-refractivity contribution in [2.24, 2.45) is 17.3 Å². The Hall–Kier alpha value is -2.14. The van der Waals surface area contributed by atoms with Gasteiger partial charge in [-0.05, 0) is 111 Å². The zero-order valence-corrected chi connectivity index (χ0v) is 36.0. The van der Waals surface area contributed by atoms with Gasteiger partial charge in [-0.3, -0.25) is 14.4 Å². The third-order valence-corrected chi connectivity index (χ3v) is 9.84. The number of carbonyl (C=O) groups excluding carboxylic acids is 2. The first-order valence-corrected chi connectivity index (χ1v) is 20.4. The minimum absolute atomic E-state index is 0.0426. The molecular weight excluding hydrogens is 796 g/mol. The smallest absolute Gasteiger partial charge is 0.319 e. The third kappa shape index (κ3) is 16.9. The molecule has 50 heavy (non-hydrogen) atoms. The van der Waals surface area contributed by atoms with Gasteiger partial charge in [-0.15, -0.1) is 20.4 Å². The maximum atomic E-state index is 12.8. The molecule has 1 aliphatic carbocycles. The van der Waals surface area contributed by atoms with Crippen molar-refractivity contribution in [3.8, 4) is 0 Å². The molecule has 0 radical (unpaired) electrons. The van der Waals surface area contributed by atoms with Crippen LogP contribution in [0.25, 0.3) is 0 Å². The van der Waals surface area contributed by atoms with Gasteiger partial charge in [0, 0.05) is 11.7 Å². The maximum Gasteiger partial charge on any atom is 0.319 e. The van der Waals surface area contributed by atoms with E-state index in [1.807, 2.05) is 69.2 Å². The van der Waals surface area contributed by atoms with Crippen LogP contribution in [0.3, 0.4) is 0 Å². The molecule has 2 heterocycles. The Morgan fingerprint density at radius 1 is 0.700 bits per heavy atom. The van der Waals surface area contributed by atoms with Crippen molar-refractivity contribution in [1.29, 1.82) is 0 Å². The monoisotopic (exact) mass is 852 g/mol. The largest absolute Gasteiger partial charge is 0.480 e. The minimum atomic E-state index is -2.91. The first-order valence-electron chi connectivity index (χ1n) is 16.8. The van der Waals surface area contributed by atoms with Crippen LogP contribution in [0.5, 0.6) is 0 Å². The van der Waals surface area contributed by atoms with E-state index in [0.29, 0.717) is 17.6 Å². The molecule has 17 heteroatoms. The first-order chi connectivity index (χ1) is 22.3. The van der Waals surface area contributed by atoms with Gasteiger partial charge in [-0.25, -0.2) is 8.42 Å². The number of nitrogens with zero attached hydrogens (tertiary/aromatic N) is 8. The van der Waals surface area contributed by atoms with E-state index in [0.717, 1.165) is 32.1 Å². The maximum absolute atomic E-state index is 12.8. The summed E-state index contributed by atoms with van der Waals surface area (Å²) in [6.45, 7) is 22.7. The summed E-state index contributed by atoms with van der Waals surface area (Å²) < 4.78 is 21.6. The average molecular weight is 855 g/mol. The first kappa shape index (κ1) is 45.9. The summed E-state index contributed by atoms with van der Waals surface area (Å²) in [7, 11) is -2.91. The van der Waals surface area contributed by atoms with Crippen LogP contribution in [0, 0.1) is 17.3 Å². The Morgan fingerprint density at radius 2 is 1.06 bits per heavy atom. The number of halogens is 2. The van der Waals surface area contributed by atoms with Gasteiger partial charge in [0.05, 0.1) is 34.0 Å². The van der Waals surface area contributed by atoms with Crippen LogP contribution in [0.1, 0.15) is 127 Å². The van der Waals surface area contributed by atoms with E-state index in [1.165, 1.54) is 11.1 Å². The van der Waals surface area contributed by atoms with Crippen molar-refractivity contribution in [3.05, 3.63) is 11.6 Å². The number of hydrogen-bond acceptors (Lipinski definition) is 11. The Bertz CT molecular complexity index is 1540. The predicted molar refractivity (Wildman–Crippen MR) is 200 cm³/mol. The number of carboxylic acids is 1. The second kappa shape index (κ2) is 17.6. The van der Waals surface area contributed by atoms with Crippen LogP contribution in [0.2, 0.25) is 0 Å². The number of Topliss-reactive ketones (excluding diaryl/α,β-unsaturated/α-hetero) is 2. The Morgan fingerprint density at radius 3 is 1.36 bits per heavy atom. The van der Waals surface area contributed by atoms with Gasteiger partial charge in [0.15, 0.2) is 17.4 Å². The molecule has 14 nitrogen and oxygen atoms in total. The normalized spacial score (nSPS) is 17.6. The number of tetrazole rings is 2. The molecular formula is C33H58Br2N8O6S. The molecule has 0 atom stereocenters. The van der Waals surface area contributed by atoms with Crippen LogP contribution in [0.15, 0.2) is 0 Å². The second-order valence-electron chi connectivity index (χ2n) is 16.8. The fourth-order valence-electron chi connectivity index (χ4n) is 4.80. The quantitative estimate of drug-likeness (QED) is 0.269. The summed E-state index contributed by atoms with van der Waals surface area (Å²) in [4.78, 5) is 37.6. The van der Waals surface area contributed by atoms with Gasteiger partial charge in [0.2, 0.25) is 0 Å². The number of alkyl halides is 2. The molecule has 0 bridgehead atoms. The highest BCUT2D eigenvalue weighted by molar-refractivity contribution is 9.10. The zero-order chi connectivity index (χ0) is 39.1. The molecule has 0 amide bonds. The lowest BCUT2D eigenvalue weighted by atomic mass is 9.72. The number of carbonyl (C=O) groups is 3. The van der Waals surface area contributed by atoms with Gasteiger partial charge in [0.25, 0.3) is 0 Å². The Kier molecular flexibility index (Phi) is 16.1. The van der Waals surface area contributed by atoms with Gasteiger partial charge < -0.3 is 5.11 Å². The van der Waals surface area contributed by atoms with E-state index < -0.39 is 29.9 Å². The molecule has 0 unspecified atom stereocenters. The van der Waals surface area contributed by atoms with Crippen molar-refractivity contribution in [2.45, 2.75) is 148 Å². The summed E-state index contributed by atoms with van der Waals surface area (Å²) >= 11 is 6.26. The van der Waals surface area contributed by atoms with Crippen LogP contribution < -0.4 is 0 Å². The second-order valence-corrected chi connectivity index (χ2v) is 23.0. The van der Waals surface area contributed by atoms with E-state index in [9.17, 15) is 22.8 Å². The summed E-state index contributed by atoms with van der Waals surface area (Å²) in [5.74, 6) is 1.30. The van der Waals surface area contributed by atoms with Crippen molar-refractivity contribution in [2.75, 3.05) is 12.0 Å². The van der Waals surface area contributed by atoms with Crippen molar-refractivity contribution < 1.29 is 27.9 Å². The van der Waals surface area contributed by atoms with E-state index in [2.05, 4.69) is 62.7 Å². The van der Waals surface area contributed by atoms with E-state index in [1.54, 1.807) is 18.6 Å². The van der Waals surface area contributed by atoms with Crippen LogP contribution in [-0.2, 0) is 48.1 Å². The molecule has 1 N–H and O–H groups in total. The summed E-state index contributed by atoms with van der Waals surface area (Å²) in [6, 6.07) is 0. The van der Waals surface area contributed by atoms with Crippen molar-refractivity contribution in [3.63, 3.8) is 0 Å². The molecule has 286 valence electrons. The number of aromatic nitrogens is 8. The van der Waals surface area contributed by atoms with Crippen molar-refractivity contribution in [1.82, 2.24) is 40.4 Å². The Balaban J connectivity index is 0.000000457. The number of aliphatic carboxylic acids is 1. The highest BCUT2D eigenvalue weighted by Crippen LogP contribution is 2.38. The Labute approximate surface area is 314 Å². The predicted octanol–water partition coefficient (Wildman–Crippen LogP) is 5.76. The summed E-state index contributed by atoms with van der Waals surface area (Å²) in [6.07, 6.45) is 6.40. The minimum Gasteiger partial charge on any atom is -0.480 e. The SMILES string of the molecule is CC(C)(Br)C(=O)Cc1nnn(C(C)(C)C)n1.CC(C)(Br)C(=O)O.CC(C)(CC1CCC(CS(C)(=O)=O)CC1)C(=O)Cc1nnn(C(C)(C)C)n1. The summed E-state index contributed by atoms with van der Waals surface area (Å²) in [5.41, 5.74) is -0.909. The number of hydrogen-bond donors (Lipinski definition) is 1. The molecule has 0 aromatic carbocycles. The molecule has 3 rings (SSSR count). The fraction of sp³-hybridized carbons (Fsp3) is 0.848. The molecule has 0 saturated heterocycles. The third-order valence-electron chi connectivity index (χ3n) is 7.98. The number of carboxylic acid groups (broad SMARTS) is 1. The van der Waals surface area contributed by atoms with E-state index in [4.69, 9.17) is 5.11 Å². The molecule has 1 aliphatic rings. The van der Waals surface area contributed by atoms with Gasteiger partial charge >= 0.3 is 5.97 Å². The number of ketones is 2. The van der Waals surface area contributed by atoms with Gasteiger partial charge in [-0.1, -0.05) is 58.5 Å². The van der Waals surface area contributed by atoms with Gasteiger partial charge in [0.1, 0.15) is 19.9 Å². The molecule has 1 saturated carbocycles. The lowest BCUT2D eigenvalue weighted by Gasteiger charge is -2.33. The lowest BCUT2D eigenvalue weighted by molar-refractivity contribution is -0.138. The van der Waals surface area contributed by atoms with Gasteiger partial charge in [-0.2, -0.15) is 9.59 Å². The summed E-state index contributed by atoms with van der Waals surface area (Å²) in [5, 5.41) is 32.6. The number of sulfone groups is 1. The van der Waals surface area contributed by atoms with E-state index in [-0.39, 0.29) is 47.2 Å². The van der Waals surface area contributed by atoms with Crippen LogP contribution in [-0.4, -0.2) is 92.1 Å². The molecule has 2 aromatic heterocycles. The molecule has 2 aromatic rings. The molecule has 1 fully saturated rings. The van der Waals surface area contributed by atoms with Crippen LogP contribution in [0.4, 0.5) is 0 Å². The zero-order valence-electron chi connectivity index (χ0n) is 32.0. The molecule has 0 spiro atoms. The number of rotatable bonds is 11.